The van der Waals surface area contributed by atoms with Crippen molar-refractivity contribution in [2.24, 2.45) is 0 Å². The third-order valence-electron chi connectivity index (χ3n) is 4.47. The second-order valence-corrected chi connectivity index (χ2v) is 7.97. The summed E-state index contributed by atoms with van der Waals surface area (Å²) in [4.78, 5) is 31.1. The van der Waals surface area contributed by atoms with E-state index in [1.54, 1.807) is 36.5 Å². The number of ether oxygens (including phenoxy) is 1. The fourth-order valence-corrected chi connectivity index (χ4v) is 4.03. The molecule has 0 aliphatic rings. The van der Waals surface area contributed by atoms with Crippen LogP contribution in [0.1, 0.15) is 11.3 Å². The number of aryl methyl sites for hydroxylation is 2. The Hall–Kier alpha value is -3.85. The van der Waals surface area contributed by atoms with Gasteiger partial charge in [-0.05, 0) is 70.9 Å². The number of carbonyl (C=O) groups excluding carboxylic acids is 1. The summed E-state index contributed by atoms with van der Waals surface area (Å²) in [6.07, 6.45) is 0. The van der Waals surface area contributed by atoms with Crippen molar-refractivity contribution in [1.82, 2.24) is 9.97 Å². The summed E-state index contributed by atoms with van der Waals surface area (Å²) in [7, 11) is 0. The maximum Gasteiger partial charge on any atom is 0.406 e. The van der Waals surface area contributed by atoms with Gasteiger partial charge in [0.15, 0.2) is 6.61 Å². The van der Waals surface area contributed by atoms with Gasteiger partial charge in [-0.1, -0.05) is 6.07 Å². The Morgan fingerprint density at radius 3 is 2.61 bits per heavy atom. The van der Waals surface area contributed by atoms with E-state index in [4.69, 9.17) is 4.74 Å². The van der Waals surface area contributed by atoms with Gasteiger partial charge in [0.1, 0.15) is 10.7 Å². The zero-order chi connectivity index (χ0) is 22.0. The number of nitrogens with one attached hydrogen (secondary N) is 1. The van der Waals surface area contributed by atoms with Crippen LogP contribution in [-0.4, -0.2) is 27.4 Å². The molecule has 0 fully saturated rings. The van der Waals surface area contributed by atoms with Crippen molar-refractivity contribution < 1.29 is 14.5 Å². The van der Waals surface area contributed by atoms with Crippen molar-refractivity contribution >= 4 is 39.0 Å². The highest BCUT2D eigenvalue weighted by Gasteiger charge is 2.18. The molecule has 31 heavy (non-hydrogen) atoms. The number of aromatic nitrogens is 2. The molecule has 8 nitrogen and oxygen atoms in total. The molecule has 1 amide bonds. The molecule has 1 N–H and O–H groups in total. The third-order valence-corrected chi connectivity index (χ3v) is 5.54. The van der Waals surface area contributed by atoms with E-state index >= 15 is 0 Å². The number of pyridine rings is 1. The lowest BCUT2D eigenvalue weighted by Gasteiger charge is -2.08. The lowest BCUT2D eigenvalue weighted by Crippen LogP contribution is -2.20. The molecule has 0 saturated heterocycles. The number of hydrogen-bond acceptors (Lipinski definition) is 7. The topological polar surface area (TPSA) is 107 Å². The minimum Gasteiger partial charge on any atom is -0.476 e. The number of rotatable bonds is 6. The number of fused-ring (bicyclic) bond motifs is 1. The van der Waals surface area contributed by atoms with Crippen molar-refractivity contribution in [3.63, 3.8) is 0 Å². The molecular weight excluding hydrogens is 416 g/mol. The average molecular weight is 434 g/mol. The van der Waals surface area contributed by atoms with Crippen LogP contribution in [0.5, 0.6) is 5.75 Å². The first kappa shape index (κ1) is 20.4. The van der Waals surface area contributed by atoms with E-state index in [0.29, 0.717) is 11.4 Å². The smallest absolute Gasteiger partial charge is 0.406 e. The van der Waals surface area contributed by atoms with Gasteiger partial charge < -0.3 is 20.2 Å². The molecule has 2 aromatic carbocycles. The molecule has 4 rings (SSSR count). The van der Waals surface area contributed by atoms with Crippen LogP contribution in [0.3, 0.4) is 0 Å². The lowest BCUT2D eigenvalue weighted by atomic mass is 10.2. The van der Waals surface area contributed by atoms with Crippen LogP contribution < -0.4 is 10.1 Å². The molecule has 0 bridgehead atoms. The van der Waals surface area contributed by atoms with Gasteiger partial charge in [0, 0.05) is 18.2 Å². The maximum atomic E-state index is 12.2. The molecule has 156 valence electrons. The number of carbonyl (C=O) groups is 1. The van der Waals surface area contributed by atoms with Crippen molar-refractivity contribution in [3.8, 4) is 16.3 Å². The van der Waals surface area contributed by atoms with Crippen LogP contribution in [0, 0.1) is 24.0 Å². The lowest BCUT2D eigenvalue weighted by molar-refractivity contribution is -0.390. The first-order valence-electron chi connectivity index (χ1n) is 9.41. The second-order valence-electron chi connectivity index (χ2n) is 6.94. The normalized spacial score (nSPS) is 10.8. The van der Waals surface area contributed by atoms with Gasteiger partial charge in [-0.2, -0.15) is 0 Å². The largest absolute Gasteiger partial charge is 0.476 e. The van der Waals surface area contributed by atoms with Crippen molar-refractivity contribution in [3.05, 3.63) is 76.0 Å². The predicted octanol–water partition coefficient (Wildman–Crippen LogP) is 4.90. The van der Waals surface area contributed by atoms with Gasteiger partial charge in [0.2, 0.25) is 5.75 Å². The number of anilines is 1. The molecule has 0 atom stereocenters. The molecule has 0 spiro atoms. The Morgan fingerprint density at radius 2 is 1.87 bits per heavy atom. The maximum absolute atomic E-state index is 12.2. The SMILES string of the molecule is Cc1ccc2nc(-c3ccc(NC(=O)COc4ccc(C)nc4[N+](=O)[O-])cc3)sc2c1. The van der Waals surface area contributed by atoms with Crippen LogP contribution in [0.4, 0.5) is 11.5 Å². The van der Waals surface area contributed by atoms with Crippen LogP contribution in [0.25, 0.3) is 20.8 Å². The monoisotopic (exact) mass is 434 g/mol. The third kappa shape index (κ3) is 4.67. The second kappa shape index (κ2) is 8.49. The van der Waals surface area contributed by atoms with Gasteiger partial charge in [0.05, 0.1) is 10.2 Å². The van der Waals surface area contributed by atoms with Crippen LogP contribution in [-0.2, 0) is 4.79 Å². The van der Waals surface area contributed by atoms with Crippen molar-refractivity contribution in [2.45, 2.75) is 13.8 Å². The quantitative estimate of drug-likeness (QED) is 0.342. The summed E-state index contributed by atoms with van der Waals surface area (Å²) in [6.45, 7) is 3.32. The summed E-state index contributed by atoms with van der Waals surface area (Å²) in [6, 6.07) is 16.5. The molecule has 0 aliphatic heterocycles. The molecule has 0 aliphatic carbocycles. The van der Waals surface area contributed by atoms with E-state index in [-0.39, 0.29) is 12.4 Å². The summed E-state index contributed by atoms with van der Waals surface area (Å²) in [5, 5.41) is 14.7. The van der Waals surface area contributed by atoms with Gasteiger partial charge in [0.25, 0.3) is 5.91 Å². The summed E-state index contributed by atoms with van der Waals surface area (Å²) in [5.41, 5.74) is 4.18. The van der Waals surface area contributed by atoms with Gasteiger partial charge in [-0.25, -0.2) is 4.98 Å². The molecule has 4 aromatic rings. The molecule has 0 saturated carbocycles. The van der Waals surface area contributed by atoms with E-state index in [1.807, 2.05) is 31.2 Å². The standard InChI is InChI=1S/C22H18N4O4S/c1-13-3-9-17-19(11-13)31-22(25-17)15-5-7-16(8-6-15)24-20(27)12-30-18-10-4-14(2)23-21(18)26(28)29/h3-11H,12H2,1-2H3,(H,24,27). The van der Waals surface area contributed by atoms with Gasteiger partial charge in [-0.3, -0.25) is 4.79 Å². The van der Waals surface area contributed by atoms with Crippen LogP contribution >= 0.6 is 11.3 Å². The number of hydrogen-bond donors (Lipinski definition) is 1. The Morgan fingerprint density at radius 1 is 1.10 bits per heavy atom. The zero-order valence-electron chi connectivity index (χ0n) is 16.8. The number of nitro groups is 1. The van der Waals surface area contributed by atoms with Crippen LogP contribution in [0.2, 0.25) is 0 Å². The Labute approximate surface area is 181 Å². The van der Waals surface area contributed by atoms with Crippen molar-refractivity contribution in [2.75, 3.05) is 11.9 Å². The highest BCUT2D eigenvalue weighted by atomic mass is 32.1. The van der Waals surface area contributed by atoms with E-state index in [0.717, 1.165) is 20.8 Å². The molecule has 9 heteroatoms. The molecular formula is C22H18N4O4S. The zero-order valence-corrected chi connectivity index (χ0v) is 17.6. The molecule has 2 aromatic heterocycles. The fraction of sp³-hybridized carbons (Fsp3) is 0.136. The Kier molecular flexibility index (Phi) is 5.59. The molecule has 0 radical (unpaired) electrons. The van der Waals surface area contributed by atoms with E-state index in [2.05, 4.69) is 21.4 Å². The van der Waals surface area contributed by atoms with Crippen LogP contribution in [0.15, 0.2) is 54.6 Å². The molecule has 0 unspecified atom stereocenters. The Bertz CT molecular complexity index is 1280. The minimum atomic E-state index is -0.637. The van der Waals surface area contributed by atoms with E-state index in [9.17, 15) is 14.9 Å². The van der Waals surface area contributed by atoms with E-state index < -0.39 is 16.6 Å². The number of amides is 1. The number of thiazole rings is 1. The summed E-state index contributed by atoms with van der Waals surface area (Å²) >= 11 is 1.62. The first-order chi connectivity index (χ1) is 14.9. The van der Waals surface area contributed by atoms with Gasteiger partial charge in [-0.15, -0.1) is 11.3 Å². The Balaban J connectivity index is 1.41. The first-order valence-corrected chi connectivity index (χ1v) is 10.2. The number of nitrogens with zero attached hydrogens (tertiary/aromatic N) is 3. The highest BCUT2D eigenvalue weighted by molar-refractivity contribution is 7.21. The molecule has 2 heterocycles. The van der Waals surface area contributed by atoms with E-state index in [1.165, 1.54) is 11.6 Å². The van der Waals surface area contributed by atoms with Gasteiger partial charge >= 0.3 is 5.82 Å². The highest BCUT2D eigenvalue weighted by Crippen LogP contribution is 2.31. The summed E-state index contributed by atoms with van der Waals surface area (Å²) in [5.74, 6) is -0.895. The fourth-order valence-electron chi connectivity index (χ4n) is 2.97. The van der Waals surface area contributed by atoms with Crippen molar-refractivity contribution in [1.29, 1.82) is 0 Å². The average Bonchev–Trinajstić information content (AvgIpc) is 3.16. The summed E-state index contributed by atoms with van der Waals surface area (Å²) < 4.78 is 6.43. The predicted molar refractivity (Wildman–Crippen MR) is 120 cm³/mol. The number of benzene rings is 2. The minimum absolute atomic E-state index is 0.0489.